The van der Waals surface area contributed by atoms with Crippen LogP contribution in [0.5, 0.6) is 11.5 Å². The Morgan fingerprint density at radius 1 is 0.814 bits per heavy atom. The van der Waals surface area contributed by atoms with Crippen LogP contribution in [0.3, 0.4) is 0 Å². The number of aromatic nitrogens is 4. The van der Waals surface area contributed by atoms with Gasteiger partial charge in [-0.15, -0.1) is 0 Å². The monoisotopic (exact) mass is 616 g/mol. The summed E-state index contributed by atoms with van der Waals surface area (Å²) in [5.41, 5.74) is -0.115. The first-order valence-corrected chi connectivity index (χ1v) is 11.9. The third-order valence-electron chi connectivity index (χ3n) is 4.41. The summed E-state index contributed by atoms with van der Waals surface area (Å²) in [4.78, 5) is 62.8. The summed E-state index contributed by atoms with van der Waals surface area (Å²) < 4.78 is 10.3. The Morgan fingerprint density at radius 2 is 1.30 bits per heavy atom. The first kappa shape index (κ1) is 33.0. The molecule has 3 N–H and O–H groups in total. The smallest absolute Gasteiger partial charge is 0.414 e. The van der Waals surface area contributed by atoms with Gasteiger partial charge in [0.2, 0.25) is 11.8 Å². The van der Waals surface area contributed by atoms with E-state index >= 15 is 0 Å². The highest BCUT2D eigenvalue weighted by Gasteiger charge is 2.12. The highest BCUT2D eigenvalue weighted by Crippen LogP contribution is 2.19. The van der Waals surface area contributed by atoms with Crippen LogP contribution in [0.1, 0.15) is 13.8 Å². The molecule has 19 heteroatoms. The molecule has 0 aliphatic carbocycles. The van der Waals surface area contributed by atoms with E-state index in [0.29, 0.717) is 11.4 Å². The molecule has 18 nitrogen and oxygen atoms in total. The summed E-state index contributed by atoms with van der Waals surface area (Å²) in [6.45, 7) is 2.78. The van der Waals surface area contributed by atoms with Gasteiger partial charge < -0.3 is 20.1 Å². The first-order valence-electron chi connectivity index (χ1n) is 11.5. The fraction of sp³-hybridized carbons (Fsp3) is 0.0833. The predicted octanol–water partition coefficient (Wildman–Crippen LogP) is 4.50. The van der Waals surface area contributed by atoms with E-state index in [0.717, 1.165) is 4.68 Å². The van der Waals surface area contributed by atoms with Gasteiger partial charge in [0.05, 0.1) is 39.8 Å². The quantitative estimate of drug-likeness (QED) is 0.154. The van der Waals surface area contributed by atoms with Gasteiger partial charge in [0.25, 0.3) is 11.4 Å². The second kappa shape index (κ2) is 16.2. The Kier molecular flexibility index (Phi) is 12.4. The van der Waals surface area contributed by atoms with Gasteiger partial charge in [-0.1, -0.05) is 0 Å². The number of ether oxygens (including phenoxy) is 2. The molecule has 0 radical (unpaired) electrons. The Morgan fingerprint density at radius 3 is 1.72 bits per heavy atom. The number of nitro groups is 2. The lowest BCUT2D eigenvalue weighted by Gasteiger charge is -2.03. The molecule has 0 fully saturated rings. The molecule has 0 atom stereocenters. The lowest BCUT2D eigenvalue weighted by atomic mass is 10.3. The molecular formula is C24H21ClN8O10. The number of aromatic amines is 1. The fourth-order valence-electron chi connectivity index (χ4n) is 2.73. The SMILES string of the molecule is CC(=O)Nc1cn[nH]c1.CC(=O)Nc1cnn(C(=O)Oc2ccc([N+](=O)[O-])cc2)c1.O=C(Cl)Oc1ccc([N+](=O)[O-])cc1. The third-order valence-corrected chi connectivity index (χ3v) is 4.48. The minimum absolute atomic E-state index is 0.0747. The van der Waals surface area contributed by atoms with Gasteiger partial charge in [0.15, 0.2) is 0 Å². The Bertz CT molecular complexity index is 1570. The van der Waals surface area contributed by atoms with Crippen molar-refractivity contribution in [1.82, 2.24) is 20.0 Å². The van der Waals surface area contributed by atoms with Crippen molar-refractivity contribution in [1.29, 1.82) is 0 Å². The second-order valence-corrected chi connectivity index (χ2v) is 8.04. The summed E-state index contributed by atoms with van der Waals surface area (Å²) in [6, 6.07) is 10.0. The summed E-state index contributed by atoms with van der Waals surface area (Å²) in [7, 11) is 0. The minimum atomic E-state index is -0.978. The molecule has 0 bridgehead atoms. The van der Waals surface area contributed by atoms with Crippen LogP contribution in [0.4, 0.5) is 32.3 Å². The number of nitrogens with one attached hydrogen (secondary N) is 3. The highest BCUT2D eigenvalue weighted by molar-refractivity contribution is 6.61. The number of non-ortho nitro benzene ring substituents is 2. The molecule has 2 heterocycles. The molecule has 0 aliphatic rings. The predicted molar refractivity (Wildman–Crippen MR) is 149 cm³/mol. The molecule has 2 amide bonds. The number of amides is 2. The Balaban J connectivity index is 0.000000249. The Hall–Kier alpha value is -6.17. The zero-order chi connectivity index (χ0) is 31.9. The number of halogens is 1. The zero-order valence-electron chi connectivity index (χ0n) is 22.1. The van der Waals surface area contributed by atoms with E-state index in [1.54, 1.807) is 12.4 Å². The number of rotatable bonds is 6. The maximum atomic E-state index is 11.8. The van der Waals surface area contributed by atoms with Crippen LogP contribution < -0.4 is 20.1 Å². The average Bonchev–Trinajstić information content (AvgIpc) is 3.61. The molecule has 224 valence electrons. The van der Waals surface area contributed by atoms with Crippen LogP contribution in [0.2, 0.25) is 0 Å². The number of anilines is 2. The van der Waals surface area contributed by atoms with E-state index in [4.69, 9.17) is 16.3 Å². The lowest BCUT2D eigenvalue weighted by molar-refractivity contribution is -0.385. The van der Waals surface area contributed by atoms with E-state index in [1.807, 2.05) is 0 Å². The maximum Gasteiger partial charge on any atom is 0.440 e. The molecule has 4 rings (SSSR count). The average molecular weight is 617 g/mol. The van der Waals surface area contributed by atoms with Gasteiger partial charge in [-0.25, -0.2) is 9.59 Å². The van der Waals surface area contributed by atoms with Crippen molar-refractivity contribution < 1.29 is 38.5 Å². The van der Waals surface area contributed by atoms with Crippen LogP contribution in [0.25, 0.3) is 0 Å². The van der Waals surface area contributed by atoms with E-state index in [9.17, 15) is 39.4 Å². The van der Waals surface area contributed by atoms with Crippen molar-refractivity contribution in [2.75, 3.05) is 10.6 Å². The van der Waals surface area contributed by atoms with E-state index in [1.165, 1.54) is 74.8 Å². The second-order valence-electron chi connectivity index (χ2n) is 7.73. The van der Waals surface area contributed by atoms with Crippen molar-refractivity contribution in [3.8, 4) is 11.5 Å². The molecule has 2 aromatic carbocycles. The molecule has 43 heavy (non-hydrogen) atoms. The topological polar surface area (TPSA) is 244 Å². The Labute approximate surface area is 245 Å². The van der Waals surface area contributed by atoms with Crippen molar-refractivity contribution in [3.05, 3.63) is 93.5 Å². The number of hydrogen-bond acceptors (Lipinski definition) is 12. The normalized spacial score (nSPS) is 9.56. The first-order chi connectivity index (χ1) is 20.3. The summed E-state index contributed by atoms with van der Waals surface area (Å²) in [5.74, 6) is -0.0672. The molecule has 2 aromatic heterocycles. The standard InChI is InChI=1S/C12H10N4O5.C7H4ClNO4.C5H7N3O/c1-8(17)14-9-6-13-15(7-9)12(18)21-11-4-2-10(3-5-11)16(19)20;8-7(10)13-6-3-1-5(2-4-6)9(11)12;1-4(9)8-5-2-6-7-3-5/h2-7H,1H3,(H,14,17);1-4H;2-3H,1H3,(H,6,7)(H,8,9). The minimum Gasteiger partial charge on any atom is -0.414 e. The summed E-state index contributed by atoms with van der Waals surface area (Å²) >= 11 is 4.92. The molecule has 0 spiro atoms. The maximum absolute atomic E-state index is 11.8. The molecule has 0 aliphatic heterocycles. The number of H-pyrrole nitrogens is 1. The van der Waals surface area contributed by atoms with Crippen molar-refractivity contribution in [2.24, 2.45) is 0 Å². The van der Waals surface area contributed by atoms with Gasteiger partial charge in [-0.05, 0) is 24.3 Å². The lowest BCUT2D eigenvalue weighted by Crippen LogP contribution is -2.17. The number of carbonyl (C=O) groups excluding carboxylic acids is 4. The van der Waals surface area contributed by atoms with Gasteiger partial charge in [0.1, 0.15) is 11.5 Å². The van der Waals surface area contributed by atoms with Crippen LogP contribution in [-0.4, -0.2) is 53.2 Å². The van der Waals surface area contributed by atoms with Gasteiger partial charge >= 0.3 is 11.5 Å². The molecule has 0 saturated carbocycles. The summed E-state index contributed by atoms with van der Waals surface area (Å²) in [5, 5.41) is 35.6. The van der Waals surface area contributed by atoms with E-state index in [2.05, 4.69) is 30.7 Å². The van der Waals surface area contributed by atoms with Gasteiger partial charge in [0, 0.05) is 55.9 Å². The number of benzene rings is 2. The third kappa shape index (κ3) is 12.3. The summed E-state index contributed by atoms with van der Waals surface area (Å²) in [6.07, 6.45) is 4.93. The largest absolute Gasteiger partial charge is 0.440 e. The number of carbonyl (C=O) groups is 4. The molecule has 0 unspecified atom stereocenters. The van der Waals surface area contributed by atoms with Crippen LogP contribution >= 0.6 is 11.6 Å². The molecule has 0 saturated heterocycles. The fourth-order valence-corrected chi connectivity index (χ4v) is 2.81. The van der Waals surface area contributed by atoms with Crippen molar-refractivity contribution in [3.63, 3.8) is 0 Å². The van der Waals surface area contributed by atoms with Crippen molar-refractivity contribution in [2.45, 2.75) is 13.8 Å². The highest BCUT2D eigenvalue weighted by atomic mass is 35.5. The number of hydrogen-bond donors (Lipinski definition) is 3. The van der Waals surface area contributed by atoms with Crippen LogP contribution in [0, 0.1) is 20.2 Å². The number of nitro benzene ring substituents is 2. The molecular weight excluding hydrogens is 596 g/mol. The zero-order valence-corrected chi connectivity index (χ0v) is 22.9. The van der Waals surface area contributed by atoms with Crippen LogP contribution in [-0.2, 0) is 9.59 Å². The van der Waals surface area contributed by atoms with E-state index < -0.39 is 21.4 Å². The van der Waals surface area contributed by atoms with Gasteiger partial charge in [-0.2, -0.15) is 14.9 Å². The molecule has 4 aromatic rings. The van der Waals surface area contributed by atoms with Crippen molar-refractivity contribution >= 4 is 57.7 Å². The number of nitrogens with zero attached hydrogens (tertiary/aromatic N) is 5. The van der Waals surface area contributed by atoms with Crippen LogP contribution in [0.15, 0.2) is 73.3 Å². The van der Waals surface area contributed by atoms with E-state index in [-0.39, 0.29) is 34.7 Å². The van der Waals surface area contributed by atoms with Gasteiger partial charge in [-0.3, -0.25) is 34.9 Å².